The van der Waals surface area contributed by atoms with Gasteiger partial charge in [-0.05, 0) is 50.8 Å². The molecule has 100 valence electrons. The van der Waals surface area contributed by atoms with Gasteiger partial charge >= 0.3 is 0 Å². The fraction of sp³-hybridized carbons (Fsp3) is 0.467. The van der Waals surface area contributed by atoms with Crippen LogP contribution in [-0.2, 0) is 6.42 Å². The minimum Gasteiger partial charge on any atom is -0.493 e. The van der Waals surface area contributed by atoms with Crippen molar-refractivity contribution in [1.82, 2.24) is 0 Å². The molecule has 0 amide bonds. The van der Waals surface area contributed by atoms with E-state index in [9.17, 15) is 0 Å². The van der Waals surface area contributed by atoms with E-state index in [0.29, 0.717) is 6.54 Å². The van der Waals surface area contributed by atoms with Crippen molar-refractivity contribution < 1.29 is 4.74 Å². The van der Waals surface area contributed by atoms with E-state index < -0.39 is 0 Å². The second-order valence-corrected chi connectivity index (χ2v) is 4.65. The summed E-state index contributed by atoms with van der Waals surface area (Å²) in [5.41, 5.74) is 6.61. The number of hydrogen-bond acceptors (Lipinski definition) is 2. The Morgan fingerprint density at radius 1 is 1.28 bits per heavy atom. The molecule has 0 unspecified atom stereocenters. The van der Waals surface area contributed by atoms with Crippen molar-refractivity contribution in [2.24, 2.45) is 5.73 Å². The van der Waals surface area contributed by atoms with Crippen LogP contribution in [-0.4, -0.2) is 13.2 Å². The van der Waals surface area contributed by atoms with Gasteiger partial charge in [0.1, 0.15) is 5.75 Å². The number of nitrogens with two attached hydrogens (primary N) is 1. The van der Waals surface area contributed by atoms with Crippen LogP contribution in [0.1, 0.15) is 31.2 Å². The van der Waals surface area contributed by atoms with Crippen LogP contribution in [0.2, 0.25) is 5.02 Å². The third-order valence-electron chi connectivity index (χ3n) is 2.78. The van der Waals surface area contributed by atoms with Crippen molar-refractivity contribution in [2.75, 3.05) is 13.2 Å². The van der Waals surface area contributed by atoms with E-state index >= 15 is 0 Å². The van der Waals surface area contributed by atoms with Gasteiger partial charge in [0, 0.05) is 10.6 Å². The number of rotatable bonds is 9. The van der Waals surface area contributed by atoms with E-state index in [0.717, 1.165) is 42.2 Å². The van der Waals surface area contributed by atoms with Gasteiger partial charge in [0.2, 0.25) is 0 Å². The molecular weight excluding hydrogens is 246 g/mol. The topological polar surface area (TPSA) is 35.2 Å². The molecule has 0 saturated heterocycles. The second kappa shape index (κ2) is 9.01. The van der Waals surface area contributed by atoms with Crippen molar-refractivity contribution in [3.63, 3.8) is 0 Å². The van der Waals surface area contributed by atoms with Gasteiger partial charge < -0.3 is 10.5 Å². The molecule has 0 aromatic heterocycles. The molecule has 0 atom stereocenters. The van der Waals surface area contributed by atoms with E-state index in [-0.39, 0.29) is 0 Å². The summed E-state index contributed by atoms with van der Waals surface area (Å²) in [6.45, 7) is 5.02. The Balaban J connectivity index is 2.41. The zero-order chi connectivity index (χ0) is 13.2. The van der Waals surface area contributed by atoms with Crippen molar-refractivity contribution in [2.45, 2.75) is 32.1 Å². The maximum absolute atomic E-state index is 6.14. The van der Waals surface area contributed by atoms with E-state index in [1.807, 2.05) is 24.3 Å². The molecule has 0 aliphatic heterocycles. The average Bonchev–Trinajstić information content (AvgIpc) is 2.37. The zero-order valence-corrected chi connectivity index (χ0v) is 11.6. The van der Waals surface area contributed by atoms with Gasteiger partial charge in [-0.25, -0.2) is 0 Å². The van der Waals surface area contributed by atoms with Gasteiger partial charge in [-0.2, -0.15) is 0 Å². The number of ether oxygens (including phenoxy) is 1. The standard InChI is InChI=1S/C15H22ClNO/c1-2-3-4-5-6-12-18-15-9-7-8-14(16)13(15)10-11-17/h2,7-9H,1,3-6,10-12,17H2. The first-order valence-electron chi connectivity index (χ1n) is 6.50. The maximum atomic E-state index is 6.14. The monoisotopic (exact) mass is 267 g/mol. The lowest BCUT2D eigenvalue weighted by Crippen LogP contribution is -2.06. The molecule has 0 fully saturated rings. The first kappa shape index (κ1) is 15.1. The fourth-order valence-corrected chi connectivity index (χ4v) is 2.07. The Labute approximate surface area is 115 Å². The number of halogens is 1. The average molecular weight is 268 g/mol. The Morgan fingerprint density at radius 2 is 2.11 bits per heavy atom. The first-order chi connectivity index (χ1) is 8.79. The molecule has 0 aliphatic carbocycles. The SMILES string of the molecule is C=CCCCCCOc1cccc(Cl)c1CCN. The third-order valence-corrected chi connectivity index (χ3v) is 3.13. The highest BCUT2D eigenvalue weighted by Gasteiger charge is 2.06. The van der Waals surface area contributed by atoms with Crippen molar-refractivity contribution in [3.8, 4) is 5.75 Å². The van der Waals surface area contributed by atoms with E-state index in [1.54, 1.807) is 0 Å². The summed E-state index contributed by atoms with van der Waals surface area (Å²) in [5, 5.41) is 0.740. The minimum atomic E-state index is 0.583. The lowest BCUT2D eigenvalue weighted by Gasteiger charge is -2.12. The molecular formula is C15H22ClNO. The summed E-state index contributed by atoms with van der Waals surface area (Å²) in [6.07, 6.45) is 7.19. The highest BCUT2D eigenvalue weighted by molar-refractivity contribution is 6.31. The molecule has 1 aromatic rings. The van der Waals surface area contributed by atoms with Crippen molar-refractivity contribution in [3.05, 3.63) is 41.4 Å². The van der Waals surface area contributed by atoms with Crippen LogP contribution >= 0.6 is 11.6 Å². The number of allylic oxidation sites excluding steroid dienone is 1. The van der Waals surface area contributed by atoms with Gasteiger partial charge in [0.25, 0.3) is 0 Å². The highest BCUT2D eigenvalue weighted by atomic mass is 35.5. The van der Waals surface area contributed by atoms with Crippen LogP contribution in [0.25, 0.3) is 0 Å². The first-order valence-corrected chi connectivity index (χ1v) is 6.88. The number of hydrogen-bond donors (Lipinski definition) is 1. The van der Waals surface area contributed by atoms with Crippen LogP contribution in [0.4, 0.5) is 0 Å². The summed E-state index contributed by atoms with van der Waals surface area (Å²) in [7, 11) is 0. The van der Waals surface area contributed by atoms with Gasteiger partial charge in [-0.1, -0.05) is 23.7 Å². The molecule has 3 heteroatoms. The van der Waals surface area contributed by atoms with Crippen LogP contribution in [0.3, 0.4) is 0 Å². The molecule has 2 nitrogen and oxygen atoms in total. The summed E-state index contributed by atoms with van der Waals surface area (Å²) in [4.78, 5) is 0. The molecule has 0 spiro atoms. The van der Waals surface area contributed by atoms with Crippen LogP contribution < -0.4 is 10.5 Å². The third kappa shape index (κ3) is 5.11. The number of benzene rings is 1. The summed E-state index contributed by atoms with van der Waals surface area (Å²) >= 11 is 6.14. The summed E-state index contributed by atoms with van der Waals surface area (Å²) < 4.78 is 5.78. The molecule has 0 saturated carbocycles. The normalized spacial score (nSPS) is 10.3. The molecule has 1 rings (SSSR count). The zero-order valence-electron chi connectivity index (χ0n) is 10.8. The second-order valence-electron chi connectivity index (χ2n) is 4.24. The minimum absolute atomic E-state index is 0.583. The fourth-order valence-electron chi connectivity index (χ4n) is 1.81. The van der Waals surface area contributed by atoms with E-state index in [4.69, 9.17) is 22.1 Å². The predicted molar refractivity (Wildman–Crippen MR) is 78.4 cm³/mol. The van der Waals surface area contributed by atoms with Gasteiger partial charge in [0.05, 0.1) is 6.61 Å². The van der Waals surface area contributed by atoms with E-state index in [2.05, 4.69) is 6.58 Å². The summed E-state index contributed by atoms with van der Waals surface area (Å²) in [6, 6.07) is 5.75. The van der Waals surface area contributed by atoms with E-state index in [1.165, 1.54) is 12.8 Å². The van der Waals surface area contributed by atoms with Gasteiger partial charge in [-0.15, -0.1) is 6.58 Å². The van der Waals surface area contributed by atoms with Crippen molar-refractivity contribution >= 4 is 11.6 Å². The van der Waals surface area contributed by atoms with Gasteiger partial charge in [-0.3, -0.25) is 0 Å². The largest absolute Gasteiger partial charge is 0.493 e. The quantitative estimate of drug-likeness (QED) is 0.543. The lowest BCUT2D eigenvalue weighted by atomic mass is 10.1. The number of unbranched alkanes of at least 4 members (excludes halogenated alkanes) is 3. The Hall–Kier alpha value is -0.990. The smallest absolute Gasteiger partial charge is 0.124 e. The van der Waals surface area contributed by atoms with Crippen LogP contribution in [0, 0.1) is 0 Å². The van der Waals surface area contributed by atoms with Gasteiger partial charge in [0.15, 0.2) is 0 Å². The summed E-state index contributed by atoms with van der Waals surface area (Å²) in [5.74, 6) is 0.872. The highest BCUT2D eigenvalue weighted by Crippen LogP contribution is 2.26. The Bertz CT molecular complexity index is 366. The molecule has 0 radical (unpaired) electrons. The molecule has 1 aromatic carbocycles. The van der Waals surface area contributed by atoms with Crippen molar-refractivity contribution in [1.29, 1.82) is 0 Å². The predicted octanol–water partition coefficient (Wildman–Crippen LogP) is 3.97. The van der Waals surface area contributed by atoms with Crippen LogP contribution in [0.5, 0.6) is 5.75 Å². The maximum Gasteiger partial charge on any atom is 0.124 e. The van der Waals surface area contributed by atoms with Crippen LogP contribution in [0.15, 0.2) is 30.9 Å². The lowest BCUT2D eigenvalue weighted by molar-refractivity contribution is 0.302. The molecule has 0 bridgehead atoms. The Kier molecular flexibility index (Phi) is 7.54. The Morgan fingerprint density at radius 3 is 2.83 bits per heavy atom. The molecule has 18 heavy (non-hydrogen) atoms. The molecule has 0 heterocycles. The molecule has 2 N–H and O–H groups in total. The molecule has 0 aliphatic rings.